The van der Waals surface area contributed by atoms with Gasteiger partial charge in [0.05, 0.1) is 11.8 Å². The summed E-state index contributed by atoms with van der Waals surface area (Å²) in [7, 11) is 0. The molecule has 2 N–H and O–H groups in total. The zero-order chi connectivity index (χ0) is 12.7. The van der Waals surface area contributed by atoms with Crippen molar-refractivity contribution in [2.75, 3.05) is 0 Å². The van der Waals surface area contributed by atoms with Crippen molar-refractivity contribution in [2.24, 2.45) is 27.6 Å². The highest BCUT2D eigenvalue weighted by Crippen LogP contribution is 2.46. The molecule has 18 heavy (non-hydrogen) atoms. The zero-order valence-corrected chi connectivity index (χ0v) is 11.4. The zero-order valence-electron chi connectivity index (χ0n) is 11.4. The van der Waals surface area contributed by atoms with E-state index in [0.29, 0.717) is 17.9 Å². The molecule has 1 fully saturated rings. The van der Waals surface area contributed by atoms with Gasteiger partial charge in [0.2, 0.25) is 5.96 Å². The lowest BCUT2D eigenvalue weighted by molar-refractivity contribution is 0.437. The normalized spacial score (nSPS) is 34.2. The summed E-state index contributed by atoms with van der Waals surface area (Å²) in [6.45, 7) is 4.54. The summed E-state index contributed by atoms with van der Waals surface area (Å²) in [5, 5.41) is 0. The summed E-state index contributed by atoms with van der Waals surface area (Å²) in [4.78, 5) is 9.17. The van der Waals surface area contributed by atoms with E-state index in [4.69, 9.17) is 5.73 Å². The predicted molar refractivity (Wildman–Crippen MR) is 75.9 cm³/mol. The van der Waals surface area contributed by atoms with Crippen LogP contribution >= 0.6 is 0 Å². The molecule has 3 atom stereocenters. The van der Waals surface area contributed by atoms with Gasteiger partial charge < -0.3 is 5.73 Å². The van der Waals surface area contributed by atoms with Gasteiger partial charge in [0.15, 0.2) is 0 Å². The number of rotatable bonds is 3. The Kier molecular flexibility index (Phi) is 3.00. The molecule has 1 aliphatic heterocycles. The molecule has 0 aromatic carbocycles. The van der Waals surface area contributed by atoms with Crippen molar-refractivity contribution >= 4 is 11.7 Å². The number of nitrogens with two attached hydrogens (primary N) is 1. The van der Waals surface area contributed by atoms with Crippen molar-refractivity contribution in [1.82, 2.24) is 0 Å². The highest BCUT2D eigenvalue weighted by atomic mass is 15.1. The van der Waals surface area contributed by atoms with Gasteiger partial charge in [-0.25, -0.2) is 9.98 Å². The molecule has 0 saturated heterocycles. The van der Waals surface area contributed by atoms with Crippen LogP contribution in [0.25, 0.3) is 0 Å². The van der Waals surface area contributed by atoms with E-state index in [2.05, 4.69) is 23.8 Å². The van der Waals surface area contributed by atoms with Gasteiger partial charge in [0.25, 0.3) is 0 Å². The minimum Gasteiger partial charge on any atom is -0.368 e. The Hall–Kier alpha value is -1.12. The molecule has 0 aromatic heterocycles. The second kappa shape index (κ2) is 4.52. The summed E-state index contributed by atoms with van der Waals surface area (Å²) in [5.74, 6) is 1.86. The fourth-order valence-electron chi connectivity index (χ4n) is 3.93. The molecule has 1 saturated carbocycles. The summed E-state index contributed by atoms with van der Waals surface area (Å²) in [6.07, 6.45) is 7.42. The maximum atomic E-state index is 5.90. The molecule has 0 bridgehead atoms. The molecule has 3 nitrogen and oxygen atoms in total. The molecule has 1 heterocycles. The first-order chi connectivity index (χ1) is 8.70. The van der Waals surface area contributed by atoms with Crippen molar-refractivity contribution < 1.29 is 0 Å². The van der Waals surface area contributed by atoms with Crippen LogP contribution in [0.5, 0.6) is 0 Å². The fraction of sp³-hybridized carbons (Fsp3) is 0.733. The van der Waals surface area contributed by atoms with Crippen LogP contribution in [0.3, 0.4) is 0 Å². The van der Waals surface area contributed by atoms with Crippen LogP contribution in [-0.2, 0) is 0 Å². The fourth-order valence-corrected chi connectivity index (χ4v) is 3.93. The molecule has 0 amide bonds. The second-order valence-electron chi connectivity index (χ2n) is 5.98. The quantitative estimate of drug-likeness (QED) is 0.816. The standard InChI is InChI=1S/C15H23N3/c1-3-4-5-11-9(2)8-10-6-7-12-13(10)14(11)18-15(16)17-12/h10,12-13H,3-8H2,1-2H3,(H2,16,17)/t10-,12-,13+/m0/s1. The Balaban J connectivity index is 1.98. The average molecular weight is 245 g/mol. The number of guanidine groups is 1. The first-order valence-electron chi connectivity index (χ1n) is 7.31. The van der Waals surface area contributed by atoms with Crippen molar-refractivity contribution in [2.45, 2.75) is 58.4 Å². The van der Waals surface area contributed by atoms with Gasteiger partial charge >= 0.3 is 0 Å². The topological polar surface area (TPSA) is 50.7 Å². The minimum atomic E-state index is 0.423. The Labute approximate surface area is 109 Å². The molecular weight excluding hydrogens is 222 g/mol. The lowest BCUT2D eigenvalue weighted by atomic mass is 9.74. The smallest absolute Gasteiger partial charge is 0.215 e. The van der Waals surface area contributed by atoms with Gasteiger partial charge in [0, 0.05) is 5.92 Å². The molecule has 98 valence electrons. The Morgan fingerprint density at radius 2 is 2.17 bits per heavy atom. The first-order valence-corrected chi connectivity index (χ1v) is 7.31. The molecular formula is C15H23N3. The molecule has 3 aliphatic rings. The molecule has 2 aliphatic carbocycles. The number of hydrogen-bond donors (Lipinski definition) is 1. The van der Waals surface area contributed by atoms with Crippen molar-refractivity contribution in [3.05, 3.63) is 11.1 Å². The van der Waals surface area contributed by atoms with Crippen molar-refractivity contribution in [1.29, 1.82) is 0 Å². The first kappa shape index (κ1) is 11.9. The van der Waals surface area contributed by atoms with E-state index < -0.39 is 0 Å². The highest BCUT2D eigenvalue weighted by Gasteiger charge is 2.44. The number of hydrogen-bond acceptors (Lipinski definition) is 3. The van der Waals surface area contributed by atoms with Crippen LogP contribution in [0, 0.1) is 11.8 Å². The summed E-state index contributed by atoms with van der Waals surface area (Å²) in [5.41, 5.74) is 10.3. The van der Waals surface area contributed by atoms with Gasteiger partial charge in [-0.05, 0) is 50.5 Å². The van der Waals surface area contributed by atoms with Crippen LogP contribution in [0.15, 0.2) is 21.1 Å². The maximum Gasteiger partial charge on any atom is 0.215 e. The van der Waals surface area contributed by atoms with Crippen LogP contribution in [0.1, 0.15) is 52.4 Å². The predicted octanol–water partition coefficient (Wildman–Crippen LogP) is 3.06. The highest BCUT2D eigenvalue weighted by molar-refractivity contribution is 6.10. The van der Waals surface area contributed by atoms with Crippen molar-refractivity contribution in [3.8, 4) is 0 Å². The van der Waals surface area contributed by atoms with Gasteiger partial charge in [-0.15, -0.1) is 0 Å². The number of unbranched alkanes of at least 4 members (excludes halogenated alkanes) is 1. The van der Waals surface area contributed by atoms with E-state index in [0.717, 1.165) is 5.92 Å². The van der Waals surface area contributed by atoms with Crippen LogP contribution in [0.4, 0.5) is 0 Å². The average Bonchev–Trinajstić information content (AvgIpc) is 2.72. The third-order valence-corrected chi connectivity index (χ3v) is 4.78. The molecule has 0 radical (unpaired) electrons. The second-order valence-corrected chi connectivity index (χ2v) is 5.98. The Morgan fingerprint density at radius 3 is 2.94 bits per heavy atom. The van der Waals surface area contributed by atoms with Gasteiger partial charge in [-0.3, -0.25) is 0 Å². The SMILES string of the molecule is CCCCC1=C(C)C[C@@H]2CC[C@@H]3N=C(N)N=C1[C@H]23. The van der Waals surface area contributed by atoms with Crippen LogP contribution in [0.2, 0.25) is 0 Å². The van der Waals surface area contributed by atoms with E-state index in [1.807, 2.05) is 0 Å². The van der Waals surface area contributed by atoms with Gasteiger partial charge in [-0.1, -0.05) is 18.9 Å². The monoisotopic (exact) mass is 245 g/mol. The van der Waals surface area contributed by atoms with E-state index in [1.165, 1.54) is 49.8 Å². The summed E-state index contributed by atoms with van der Waals surface area (Å²) < 4.78 is 0. The minimum absolute atomic E-state index is 0.423. The Bertz CT molecular complexity index is 445. The third kappa shape index (κ3) is 1.80. The van der Waals surface area contributed by atoms with E-state index >= 15 is 0 Å². The van der Waals surface area contributed by atoms with Crippen molar-refractivity contribution in [3.63, 3.8) is 0 Å². The summed E-state index contributed by atoms with van der Waals surface area (Å²) >= 11 is 0. The third-order valence-electron chi connectivity index (χ3n) is 4.78. The molecule has 0 spiro atoms. The number of allylic oxidation sites excluding steroid dienone is 2. The van der Waals surface area contributed by atoms with Crippen LogP contribution in [-0.4, -0.2) is 17.7 Å². The van der Waals surface area contributed by atoms with Gasteiger partial charge in [0.1, 0.15) is 0 Å². The molecule has 3 heteroatoms. The lowest BCUT2D eigenvalue weighted by Gasteiger charge is -2.34. The van der Waals surface area contributed by atoms with Gasteiger partial charge in [-0.2, -0.15) is 0 Å². The Morgan fingerprint density at radius 1 is 1.33 bits per heavy atom. The molecule has 0 unspecified atom stereocenters. The number of nitrogens with zero attached hydrogens (tertiary/aromatic N) is 2. The van der Waals surface area contributed by atoms with Crippen LogP contribution < -0.4 is 5.73 Å². The van der Waals surface area contributed by atoms with E-state index in [-0.39, 0.29) is 0 Å². The summed E-state index contributed by atoms with van der Waals surface area (Å²) in [6, 6.07) is 0.423. The van der Waals surface area contributed by atoms with E-state index in [1.54, 1.807) is 5.57 Å². The largest absolute Gasteiger partial charge is 0.368 e. The van der Waals surface area contributed by atoms with E-state index in [9.17, 15) is 0 Å². The molecule has 3 rings (SSSR count). The number of aliphatic imine (C=N–C) groups is 2. The molecule has 0 aromatic rings. The maximum absolute atomic E-state index is 5.90. The lowest BCUT2D eigenvalue weighted by Crippen LogP contribution is -2.38.